The van der Waals surface area contributed by atoms with Crippen LogP contribution in [0.25, 0.3) is 11.4 Å². The molecular weight excluding hydrogens is 278 g/mol. The molecule has 0 fully saturated rings. The van der Waals surface area contributed by atoms with E-state index in [9.17, 15) is 0 Å². The number of aromatic nitrogens is 3. The molecule has 2 aromatic rings. The van der Waals surface area contributed by atoms with E-state index in [0.717, 1.165) is 40.3 Å². The standard InChI is InChI=1S/C14H16ClN3S/c1-3-9-18-13(11-5-7-12(15)8-6-11)16-17-14(18)19-10-4-2/h4-8H,2-3,9-10H2,1H3. The van der Waals surface area contributed by atoms with Crippen LogP contribution in [0.15, 0.2) is 42.1 Å². The van der Waals surface area contributed by atoms with Gasteiger partial charge in [-0.05, 0) is 30.7 Å². The minimum Gasteiger partial charge on any atom is -0.302 e. The topological polar surface area (TPSA) is 30.7 Å². The van der Waals surface area contributed by atoms with Gasteiger partial charge in [-0.15, -0.1) is 16.8 Å². The van der Waals surface area contributed by atoms with Gasteiger partial charge in [-0.2, -0.15) is 0 Å². The SMILES string of the molecule is C=CCSc1nnc(-c2ccc(Cl)cc2)n1CCC. The highest BCUT2D eigenvalue weighted by Crippen LogP contribution is 2.25. The lowest BCUT2D eigenvalue weighted by atomic mass is 10.2. The van der Waals surface area contributed by atoms with E-state index in [1.54, 1.807) is 11.8 Å². The Kier molecular flexibility index (Phi) is 5.05. The molecule has 0 saturated carbocycles. The van der Waals surface area contributed by atoms with Crippen LogP contribution >= 0.6 is 23.4 Å². The lowest BCUT2D eigenvalue weighted by molar-refractivity contribution is 0.626. The van der Waals surface area contributed by atoms with E-state index < -0.39 is 0 Å². The first kappa shape index (κ1) is 14.2. The third kappa shape index (κ3) is 3.39. The molecule has 0 amide bonds. The van der Waals surface area contributed by atoms with Gasteiger partial charge in [0, 0.05) is 22.9 Å². The van der Waals surface area contributed by atoms with Crippen LogP contribution in [0, 0.1) is 0 Å². The summed E-state index contributed by atoms with van der Waals surface area (Å²) in [4.78, 5) is 0. The molecule has 0 unspecified atom stereocenters. The van der Waals surface area contributed by atoms with Gasteiger partial charge in [0.2, 0.25) is 0 Å². The number of halogens is 1. The van der Waals surface area contributed by atoms with E-state index in [1.807, 2.05) is 30.3 Å². The van der Waals surface area contributed by atoms with E-state index in [4.69, 9.17) is 11.6 Å². The Morgan fingerprint density at radius 2 is 2.05 bits per heavy atom. The third-order valence-corrected chi connectivity index (χ3v) is 3.81. The summed E-state index contributed by atoms with van der Waals surface area (Å²) in [7, 11) is 0. The zero-order chi connectivity index (χ0) is 13.7. The van der Waals surface area contributed by atoms with Gasteiger partial charge in [-0.25, -0.2) is 0 Å². The molecule has 2 rings (SSSR count). The fraction of sp³-hybridized carbons (Fsp3) is 0.286. The van der Waals surface area contributed by atoms with E-state index in [0.29, 0.717) is 0 Å². The molecule has 3 nitrogen and oxygen atoms in total. The summed E-state index contributed by atoms with van der Waals surface area (Å²) < 4.78 is 2.15. The highest BCUT2D eigenvalue weighted by Gasteiger charge is 2.13. The summed E-state index contributed by atoms with van der Waals surface area (Å²) in [6, 6.07) is 7.69. The Morgan fingerprint density at radius 3 is 2.68 bits per heavy atom. The van der Waals surface area contributed by atoms with Crippen molar-refractivity contribution in [2.45, 2.75) is 25.0 Å². The van der Waals surface area contributed by atoms with Crippen molar-refractivity contribution < 1.29 is 0 Å². The maximum Gasteiger partial charge on any atom is 0.191 e. The molecule has 0 aliphatic rings. The molecule has 0 radical (unpaired) electrons. The predicted molar refractivity (Wildman–Crippen MR) is 81.7 cm³/mol. The van der Waals surface area contributed by atoms with E-state index in [-0.39, 0.29) is 0 Å². The summed E-state index contributed by atoms with van der Waals surface area (Å²) in [6.45, 7) is 6.79. The van der Waals surface area contributed by atoms with Crippen LogP contribution in [-0.2, 0) is 6.54 Å². The van der Waals surface area contributed by atoms with Crippen LogP contribution in [0.1, 0.15) is 13.3 Å². The Bertz CT molecular complexity index is 548. The Balaban J connectivity index is 2.36. The molecule has 0 bridgehead atoms. The second-order valence-electron chi connectivity index (χ2n) is 4.06. The largest absolute Gasteiger partial charge is 0.302 e. The summed E-state index contributed by atoms with van der Waals surface area (Å²) in [6.07, 6.45) is 2.91. The minimum atomic E-state index is 0.728. The zero-order valence-electron chi connectivity index (χ0n) is 10.8. The maximum atomic E-state index is 5.92. The second kappa shape index (κ2) is 6.78. The van der Waals surface area contributed by atoms with Crippen molar-refractivity contribution in [3.05, 3.63) is 41.9 Å². The van der Waals surface area contributed by atoms with Crippen molar-refractivity contribution in [1.82, 2.24) is 14.8 Å². The van der Waals surface area contributed by atoms with Crippen molar-refractivity contribution >= 4 is 23.4 Å². The maximum absolute atomic E-state index is 5.92. The van der Waals surface area contributed by atoms with Crippen LogP contribution < -0.4 is 0 Å². The minimum absolute atomic E-state index is 0.728. The van der Waals surface area contributed by atoms with Gasteiger partial charge in [-0.3, -0.25) is 0 Å². The third-order valence-electron chi connectivity index (χ3n) is 2.60. The summed E-state index contributed by atoms with van der Waals surface area (Å²) in [5, 5.41) is 10.2. The Hall–Kier alpha value is -1.26. The van der Waals surface area contributed by atoms with Crippen LogP contribution in [0.2, 0.25) is 5.02 Å². The molecule has 1 aromatic carbocycles. The molecule has 0 N–H and O–H groups in total. The molecule has 19 heavy (non-hydrogen) atoms. The summed E-state index contributed by atoms with van der Waals surface area (Å²) in [5.74, 6) is 1.73. The normalized spacial score (nSPS) is 10.6. The summed E-state index contributed by atoms with van der Waals surface area (Å²) >= 11 is 7.57. The fourth-order valence-electron chi connectivity index (χ4n) is 1.77. The molecule has 0 spiro atoms. The molecule has 0 aliphatic carbocycles. The van der Waals surface area contributed by atoms with E-state index in [1.165, 1.54) is 0 Å². The molecule has 0 atom stereocenters. The predicted octanol–water partition coefficient (Wildman–Crippen LogP) is 4.29. The Morgan fingerprint density at radius 1 is 1.32 bits per heavy atom. The number of hydrogen-bond acceptors (Lipinski definition) is 3. The zero-order valence-corrected chi connectivity index (χ0v) is 12.4. The van der Waals surface area contributed by atoms with Crippen molar-refractivity contribution in [1.29, 1.82) is 0 Å². The first-order valence-corrected chi connectivity index (χ1v) is 7.55. The van der Waals surface area contributed by atoms with Gasteiger partial charge in [-0.1, -0.05) is 36.4 Å². The van der Waals surface area contributed by atoms with Gasteiger partial charge in [0.15, 0.2) is 11.0 Å². The summed E-state index contributed by atoms with van der Waals surface area (Å²) in [5.41, 5.74) is 1.04. The number of hydrogen-bond donors (Lipinski definition) is 0. The second-order valence-corrected chi connectivity index (χ2v) is 5.49. The van der Waals surface area contributed by atoms with E-state index in [2.05, 4.69) is 28.3 Å². The van der Waals surface area contributed by atoms with Crippen molar-refractivity contribution in [3.63, 3.8) is 0 Å². The monoisotopic (exact) mass is 293 g/mol. The average molecular weight is 294 g/mol. The van der Waals surface area contributed by atoms with Gasteiger partial charge in [0.25, 0.3) is 0 Å². The van der Waals surface area contributed by atoms with Crippen LogP contribution in [-0.4, -0.2) is 20.5 Å². The van der Waals surface area contributed by atoms with Crippen LogP contribution in [0.4, 0.5) is 0 Å². The van der Waals surface area contributed by atoms with Gasteiger partial charge < -0.3 is 4.57 Å². The Labute approximate surface area is 122 Å². The highest BCUT2D eigenvalue weighted by atomic mass is 35.5. The van der Waals surface area contributed by atoms with Gasteiger partial charge in [0.05, 0.1) is 0 Å². The molecule has 1 aromatic heterocycles. The van der Waals surface area contributed by atoms with Crippen molar-refractivity contribution in [2.24, 2.45) is 0 Å². The highest BCUT2D eigenvalue weighted by molar-refractivity contribution is 7.99. The molecule has 1 heterocycles. The first-order chi connectivity index (χ1) is 9.26. The molecular formula is C14H16ClN3S. The molecule has 5 heteroatoms. The number of thioether (sulfide) groups is 1. The van der Waals surface area contributed by atoms with Crippen LogP contribution in [0.3, 0.4) is 0 Å². The smallest absolute Gasteiger partial charge is 0.191 e. The van der Waals surface area contributed by atoms with Crippen molar-refractivity contribution in [3.8, 4) is 11.4 Å². The van der Waals surface area contributed by atoms with Crippen LogP contribution in [0.5, 0.6) is 0 Å². The lowest BCUT2D eigenvalue weighted by Crippen LogP contribution is -2.01. The average Bonchev–Trinajstić information content (AvgIpc) is 2.81. The number of rotatable bonds is 6. The van der Waals surface area contributed by atoms with Crippen molar-refractivity contribution in [2.75, 3.05) is 5.75 Å². The van der Waals surface area contributed by atoms with E-state index >= 15 is 0 Å². The number of benzene rings is 1. The van der Waals surface area contributed by atoms with Gasteiger partial charge in [0.1, 0.15) is 0 Å². The fourth-order valence-corrected chi connectivity index (χ4v) is 2.59. The molecule has 0 aliphatic heterocycles. The molecule has 100 valence electrons. The number of nitrogens with zero attached hydrogens (tertiary/aromatic N) is 3. The quantitative estimate of drug-likeness (QED) is 0.588. The van der Waals surface area contributed by atoms with Gasteiger partial charge >= 0.3 is 0 Å². The lowest BCUT2D eigenvalue weighted by Gasteiger charge is -2.08. The molecule has 0 saturated heterocycles. The first-order valence-electron chi connectivity index (χ1n) is 6.19.